The third-order valence-electron chi connectivity index (χ3n) is 3.60. The van der Waals surface area contributed by atoms with Crippen LogP contribution < -0.4 is 10.5 Å². The number of hydrogen-bond acceptors (Lipinski definition) is 4. The van der Waals surface area contributed by atoms with Crippen molar-refractivity contribution >= 4 is 17.7 Å². The average molecular weight is 300 g/mol. The Bertz CT molecular complexity index is 764. The van der Waals surface area contributed by atoms with Gasteiger partial charge in [-0.15, -0.1) is 0 Å². The summed E-state index contributed by atoms with van der Waals surface area (Å²) in [6.07, 6.45) is 4.46. The first-order valence-corrected chi connectivity index (χ1v) is 7.00. The molecule has 1 atom stereocenters. The molecule has 3 N–H and O–H groups in total. The Kier molecular flexibility index (Phi) is 3.66. The number of dihydropyridines is 1. The second kappa shape index (κ2) is 5.63. The number of nitrogen functional groups attached to an aromatic ring is 1. The number of aromatic nitrogens is 2. The molecule has 114 valence electrons. The third-order valence-corrected chi connectivity index (χ3v) is 3.60. The lowest BCUT2D eigenvalue weighted by atomic mass is 9.98. The molecule has 1 aliphatic heterocycles. The van der Waals surface area contributed by atoms with Crippen LogP contribution in [-0.2, 0) is 0 Å². The zero-order valence-electron chi connectivity index (χ0n) is 12.4. The van der Waals surface area contributed by atoms with E-state index in [-0.39, 0.29) is 11.8 Å². The molecule has 0 saturated carbocycles. The Balaban J connectivity index is 2.07. The van der Waals surface area contributed by atoms with Crippen molar-refractivity contribution in [3.63, 3.8) is 0 Å². The molecule has 0 radical (unpaired) electrons. The number of benzene rings is 1. The molecule has 1 aromatic carbocycles. The van der Waals surface area contributed by atoms with E-state index < -0.39 is 5.82 Å². The van der Waals surface area contributed by atoms with E-state index >= 15 is 0 Å². The van der Waals surface area contributed by atoms with Gasteiger partial charge in [0, 0.05) is 11.8 Å². The number of aromatic amines is 1. The molecule has 5 nitrogen and oxygen atoms in total. The van der Waals surface area contributed by atoms with Gasteiger partial charge in [0.2, 0.25) is 0 Å². The maximum atomic E-state index is 14.0. The van der Waals surface area contributed by atoms with Gasteiger partial charge in [-0.1, -0.05) is 0 Å². The minimum absolute atomic E-state index is 0.193. The summed E-state index contributed by atoms with van der Waals surface area (Å²) in [5.41, 5.74) is 8.95. The van der Waals surface area contributed by atoms with Gasteiger partial charge >= 0.3 is 0 Å². The van der Waals surface area contributed by atoms with Crippen molar-refractivity contribution in [2.45, 2.75) is 19.4 Å². The van der Waals surface area contributed by atoms with Gasteiger partial charge in [-0.3, -0.25) is 4.99 Å². The molecule has 22 heavy (non-hydrogen) atoms. The first kappa shape index (κ1) is 14.3. The van der Waals surface area contributed by atoms with E-state index in [0.717, 1.165) is 17.7 Å². The molecule has 0 saturated heterocycles. The van der Waals surface area contributed by atoms with E-state index in [2.05, 4.69) is 15.0 Å². The van der Waals surface area contributed by atoms with Crippen molar-refractivity contribution in [2.24, 2.45) is 4.99 Å². The lowest BCUT2D eigenvalue weighted by Crippen LogP contribution is -2.05. The van der Waals surface area contributed by atoms with Gasteiger partial charge in [0.1, 0.15) is 0 Å². The fraction of sp³-hybridized carbons (Fsp3) is 0.250. The summed E-state index contributed by atoms with van der Waals surface area (Å²) in [6, 6.07) is 4.97. The summed E-state index contributed by atoms with van der Waals surface area (Å²) < 4.78 is 18.9. The molecular weight excluding hydrogens is 283 g/mol. The number of H-pyrrole nitrogens is 1. The Morgan fingerprint density at radius 2 is 2.23 bits per heavy atom. The molecule has 3 rings (SSSR count). The topological polar surface area (TPSA) is 76.3 Å². The van der Waals surface area contributed by atoms with Crippen molar-refractivity contribution < 1.29 is 9.13 Å². The number of rotatable bonds is 3. The standard InChI is InChI=1S/C16H17FN4O/c1-9-7-11(5-6-19-9)15-14(20-16(18)21-15)10-3-4-13(22-2)12(17)8-10/h3-6,8-9H,7H2,1-2H3,(H3,18,20,21). The first-order valence-electron chi connectivity index (χ1n) is 7.00. The predicted octanol–water partition coefficient (Wildman–Crippen LogP) is 3.05. The summed E-state index contributed by atoms with van der Waals surface area (Å²) in [5, 5.41) is 0. The van der Waals surface area contributed by atoms with Gasteiger partial charge in [0.05, 0.1) is 24.5 Å². The highest BCUT2D eigenvalue weighted by Gasteiger charge is 2.19. The van der Waals surface area contributed by atoms with Crippen LogP contribution in [0.1, 0.15) is 19.0 Å². The molecule has 1 aromatic heterocycles. The monoisotopic (exact) mass is 300 g/mol. The highest BCUT2D eigenvalue weighted by molar-refractivity contribution is 5.89. The number of nitrogens with one attached hydrogen (secondary N) is 1. The molecule has 0 bridgehead atoms. The van der Waals surface area contributed by atoms with Crippen molar-refractivity contribution in [1.29, 1.82) is 0 Å². The summed E-state index contributed by atoms with van der Waals surface area (Å²) in [7, 11) is 1.44. The van der Waals surface area contributed by atoms with E-state index in [1.54, 1.807) is 18.3 Å². The second-order valence-corrected chi connectivity index (χ2v) is 5.24. The van der Waals surface area contributed by atoms with Crippen molar-refractivity contribution in [1.82, 2.24) is 9.97 Å². The predicted molar refractivity (Wildman–Crippen MR) is 85.5 cm³/mol. The highest BCUT2D eigenvalue weighted by Crippen LogP contribution is 2.33. The van der Waals surface area contributed by atoms with E-state index in [1.807, 2.05) is 13.0 Å². The van der Waals surface area contributed by atoms with Crippen LogP contribution in [0.3, 0.4) is 0 Å². The number of ether oxygens (including phenoxy) is 1. The van der Waals surface area contributed by atoms with E-state index in [0.29, 0.717) is 17.2 Å². The maximum Gasteiger partial charge on any atom is 0.198 e. The highest BCUT2D eigenvalue weighted by atomic mass is 19.1. The van der Waals surface area contributed by atoms with Crippen LogP contribution in [0.2, 0.25) is 0 Å². The van der Waals surface area contributed by atoms with Crippen LogP contribution in [0.4, 0.5) is 10.3 Å². The first-order chi connectivity index (χ1) is 10.6. The second-order valence-electron chi connectivity index (χ2n) is 5.24. The summed E-state index contributed by atoms with van der Waals surface area (Å²) in [6.45, 7) is 2.03. The zero-order chi connectivity index (χ0) is 15.7. The van der Waals surface area contributed by atoms with Crippen LogP contribution in [0.5, 0.6) is 5.75 Å². The van der Waals surface area contributed by atoms with Crippen LogP contribution in [0.15, 0.2) is 29.3 Å². The van der Waals surface area contributed by atoms with E-state index in [4.69, 9.17) is 10.5 Å². The number of aliphatic imine (C=N–C) groups is 1. The van der Waals surface area contributed by atoms with Crippen molar-refractivity contribution in [3.05, 3.63) is 35.8 Å². The third kappa shape index (κ3) is 2.59. The molecule has 1 unspecified atom stereocenters. The van der Waals surface area contributed by atoms with E-state index in [9.17, 15) is 4.39 Å². The van der Waals surface area contributed by atoms with Gasteiger partial charge in [0.15, 0.2) is 17.5 Å². The lowest BCUT2D eigenvalue weighted by Gasteiger charge is -2.14. The zero-order valence-corrected chi connectivity index (χ0v) is 12.4. The largest absolute Gasteiger partial charge is 0.494 e. The van der Waals surface area contributed by atoms with Crippen molar-refractivity contribution in [3.8, 4) is 17.0 Å². The number of allylic oxidation sites excluding steroid dienone is 1. The number of nitrogens with zero attached hydrogens (tertiary/aromatic N) is 2. The molecule has 0 spiro atoms. The summed E-state index contributed by atoms with van der Waals surface area (Å²) in [5.74, 6) is 0.0828. The van der Waals surface area contributed by atoms with Gasteiger partial charge < -0.3 is 15.5 Å². The Labute approximate surface area is 127 Å². The molecule has 0 fully saturated rings. The lowest BCUT2D eigenvalue weighted by molar-refractivity contribution is 0.386. The number of halogens is 1. The molecule has 0 aliphatic carbocycles. The fourth-order valence-electron chi connectivity index (χ4n) is 2.55. The minimum atomic E-state index is -0.424. The molecule has 6 heteroatoms. The molecule has 0 amide bonds. The smallest absolute Gasteiger partial charge is 0.198 e. The summed E-state index contributed by atoms with van der Waals surface area (Å²) in [4.78, 5) is 11.7. The van der Waals surface area contributed by atoms with Crippen LogP contribution >= 0.6 is 0 Å². The van der Waals surface area contributed by atoms with Gasteiger partial charge in [-0.25, -0.2) is 9.37 Å². The van der Waals surface area contributed by atoms with Crippen molar-refractivity contribution in [2.75, 3.05) is 12.8 Å². The Morgan fingerprint density at radius 3 is 2.91 bits per heavy atom. The normalized spacial score (nSPS) is 17.4. The molecule has 2 heterocycles. The number of anilines is 1. The Morgan fingerprint density at radius 1 is 1.41 bits per heavy atom. The fourth-order valence-corrected chi connectivity index (χ4v) is 2.55. The van der Waals surface area contributed by atoms with Crippen LogP contribution in [0, 0.1) is 5.82 Å². The number of imidazole rings is 1. The summed E-state index contributed by atoms with van der Waals surface area (Å²) >= 11 is 0. The average Bonchev–Trinajstić information content (AvgIpc) is 2.89. The molecule has 1 aliphatic rings. The minimum Gasteiger partial charge on any atom is -0.494 e. The van der Waals surface area contributed by atoms with Gasteiger partial charge in [0.25, 0.3) is 0 Å². The number of methoxy groups -OCH3 is 1. The number of nitrogens with two attached hydrogens (primary N) is 1. The van der Waals surface area contributed by atoms with Crippen LogP contribution in [0.25, 0.3) is 16.8 Å². The quantitative estimate of drug-likeness (QED) is 0.914. The van der Waals surface area contributed by atoms with Gasteiger partial charge in [-0.2, -0.15) is 0 Å². The molecular formula is C16H17FN4O. The Hall–Kier alpha value is -2.63. The maximum absolute atomic E-state index is 14.0. The SMILES string of the molecule is COc1ccc(-c2[nH]c(N)nc2C2=CC=NC(C)C2)cc1F. The molecule has 2 aromatic rings. The van der Waals surface area contributed by atoms with E-state index in [1.165, 1.54) is 13.2 Å². The van der Waals surface area contributed by atoms with Crippen LogP contribution in [-0.4, -0.2) is 29.3 Å². The number of hydrogen-bond donors (Lipinski definition) is 2. The van der Waals surface area contributed by atoms with Gasteiger partial charge in [-0.05, 0) is 43.2 Å².